The molecule has 0 radical (unpaired) electrons. The molecule has 0 aromatic heterocycles. The zero-order valence-corrected chi connectivity index (χ0v) is 12.5. The summed E-state index contributed by atoms with van der Waals surface area (Å²) in [7, 11) is 0. The third-order valence-electron chi connectivity index (χ3n) is 4.82. The quantitative estimate of drug-likeness (QED) is 0.836. The fraction of sp³-hybridized carbons (Fsp3) is 0.867. The molecule has 5 nitrogen and oxygen atoms in total. The van der Waals surface area contributed by atoms with Crippen molar-refractivity contribution < 1.29 is 14.7 Å². The van der Waals surface area contributed by atoms with Gasteiger partial charge in [-0.2, -0.15) is 0 Å². The van der Waals surface area contributed by atoms with Crippen LogP contribution >= 0.6 is 0 Å². The van der Waals surface area contributed by atoms with Gasteiger partial charge in [0.2, 0.25) is 0 Å². The first-order valence-electron chi connectivity index (χ1n) is 7.72. The Balaban J connectivity index is 1.99. The number of rotatable bonds is 3. The number of hydrogen-bond donors (Lipinski definition) is 2. The van der Waals surface area contributed by atoms with E-state index in [0.717, 1.165) is 45.1 Å². The van der Waals surface area contributed by atoms with Crippen molar-refractivity contribution in [3.63, 3.8) is 0 Å². The second kappa shape index (κ2) is 6.02. The van der Waals surface area contributed by atoms with Crippen LogP contribution in [0.4, 0.5) is 4.79 Å². The van der Waals surface area contributed by atoms with E-state index in [-0.39, 0.29) is 18.5 Å². The largest absolute Gasteiger partial charge is 0.481 e. The minimum absolute atomic E-state index is 0.0391. The van der Waals surface area contributed by atoms with E-state index < -0.39 is 11.5 Å². The smallest absolute Gasteiger partial charge is 0.318 e. The molecule has 0 aromatic rings. The van der Waals surface area contributed by atoms with E-state index in [9.17, 15) is 9.59 Å². The molecule has 2 aliphatic rings. The molecule has 2 N–H and O–H groups in total. The standard InChI is InChI=1S/C15H26N2O3/c1-11-5-8-17(12(2)9-11)14(20)16-15(10-13(18)19)6-3-4-7-15/h11-12H,3-10H2,1-2H3,(H,16,20)(H,18,19). The van der Waals surface area contributed by atoms with Gasteiger partial charge >= 0.3 is 12.0 Å². The molecule has 0 bridgehead atoms. The maximum absolute atomic E-state index is 12.5. The molecule has 2 atom stereocenters. The van der Waals surface area contributed by atoms with Gasteiger partial charge in [0.1, 0.15) is 0 Å². The van der Waals surface area contributed by atoms with Crippen molar-refractivity contribution in [3.05, 3.63) is 0 Å². The van der Waals surface area contributed by atoms with Crippen LogP contribution in [0.3, 0.4) is 0 Å². The molecule has 1 aliphatic heterocycles. The number of amides is 2. The third-order valence-corrected chi connectivity index (χ3v) is 4.82. The maximum atomic E-state index is 12.5. The van der Waals surface area contributed by atoms with E-state index in [1.165, 1.54) is 0 Å². The van der Waals surface area contributed by atoms with Crippen LogP contribution in [0.1, 0.15) is 58.8 Å². The molecule has 114 valence electrons. The van der Waals surface area contributed by atoms with Crippen molar-refractivity contribution in [2.24, 2.45) is 5.92 Å². The van der Waals surface area contributed by atoms with E-state index in [0.29, 0.717) is 5.92 Å². The molecule has 1 saturated heterocycles. The highest BCUT2D eigenvalue weighted by molar-refractivity contribution is 5.77. The lowest BCUT2D eigenvalue weighted by atomic mass is 9.92. The third kappa shape index (κ3) is 3.44. The van der Waals surface area contributed by atoms with Gasteiger partial charge in [-0.05, 0) is 38.5 Å². The van der Waals surface area contributed by atoms with Crippen LogP contribution < -0.4 is 5.32 Å². The number of likely N-dealkylation sites (tertiary alicyclic amines) is 1. The Morgan fingerprint density at radius 2 is 1.95 bits per heavy atom. The molecule has 1 aliphatic carbocycles. The molecule has 20 heavy (non-hydrogen) atoms. The molecule has 0 aromatic carbocycles. The van der Waals surface area contributed by atoms with Crippen molar-refractivity contribution in [3.8, 4) is 0 Å². The second-order valence-corrected chi connectivity index (χ2v) is 6.66. The van der Waals surface area contributed by atoms with E-state index in [1.807, 2.05) is 4.90 Å². The Labute approximate surface area is 120 Å². The molecule has 2 fully saturated rings. The van der Waals surface area contributed by atoms with Crippen molar-refractivity contribution in [2.75, 3.05) is 6.54 Å². The van der Waals surface area contributed by atoms with Gasteiger partial charge in [0.05, 0.1) is 12.0 Å². The predicted molar refractivity (Wildman–Crippen MR) is 76.5 cm³/mol. The van der Waals surface area contributed by atoms with Crippen LogP contribution in [0, 0.1) is 5.92 Å². The zero-order valence-electron chi connectivity index (χ0n) is 12.5. The fourth-order valence-corrected chi connectivity index (χ4v) is 3.69. The fourth-order valence-electron chi connectivity index (χ4n) is 3.69. The van der Waals surface area contributed by atoms with Gasteiger partial charge in [0.25, 0.3) is 0 Å². The predicted octanol–water partition coefficient (Wildman–Crippen LogP) is 2.60. The molecular weight excluding hydrogens is 256 g/mol. The Kier molecular flexibility index (Phi) is 4.55. The van der Waals surface area contributed by atoms with E-state index in [4.69, 9.17) is 5.11 Å². The van der Waals surface area contributed by atoms with Crippen LogP contribution in [-0.2, 0) is 4.79 Å². The topological polar surface area (TPSA) is 69.6 Å². The second-order valence-electron chi connectivity index (χ2n) is 6.66. The average Bonchev–Trinajstić information content (AvgIpc) is 2.75. The Morgan fingerprint density at radius 1 is 1.30 bits per heavy atom. The summed E-state index contributed by atoms with van der Waals surface area (Å²) in [6.45, 7) is 5.07. The van der Waals surface area contributed by atoms with Crippen molar-refractivity contribution in [1.29, 1.82) is 0 Å². The molecule has 2 rings (SSSR count). The van der Waals surface area contributed by atoms with Crippen LogP contribution in [0.2, 0.25) is 0 Å². The summed E-state index contributed by atoms with van der Waals surface area (Å²) in [5, 5.41) is 12.1. The summed E-state index contributed by atoms with van der Waals surface area (Å²) < 4.78 is 0. The number of carboxylic acids is 1. The van der Waals surface area contributed by atoms with Gasteiger partial charge in [0.15, 0.2) is 0 Å². The molecule has 0 spiro atoms. The highest BCUT2D eigenvalue weighted by Crippen LogP contribution is 2.33. The first-order valence-corrected chi connectivity index (χ1v) is 7.72. The number of hydrogen-bond acceptors (Lipinski definition) is 2. The van der Waals surface area contributed by atoms with Gasteiger partial charge in [0, 0.05) is 12.6 Å². The van der Waals surface area contributed by atoms with Crippen LogP contribution in [-0.4, -0.2) is 40.1 Å². The van der Waals surface area contributed by atoms with Gasteiger partial charge in [-0.25, -0.2) is 4.79 Å². The average molecular weight is 282 g/mol. The summed E-state index contributed by atoms with van der Waals surface area (Å²) in [5.41, 5.74) is -0.522. The van der Waals surface area contributed by atoms with Crippen molar-refractivity contribution in [2.45, 2.75) is 70.4 Å². The normalized spacial score (nSPS) is 29.2. The first-order chi connectivity index (χ1) is 9.42. The lowest BCUT2D eigenvalue weighted by Gasteiger charge is -2.39. The van der Waals surface area contributed by atoms with Crippen molar-refractivity contribution >= 4 is 12.0 Å². The summed E-state index contributed by atoms with van der Waals surface area (Å²) in [4.78, 5) is 25.4. The molecule has 2 unspecified atom stereocenters. The van der Waals surface area contributed by atoms with E-state index in [1.54, 1.807) is 0 Å². The number of nitrogens with one attached hydrogen (secondary N) is 1. The maximum Gasteiger partial charge on any atom is 0.318 e. The number of carboxylic acid groups (broad SMARTS) is 1. The number of nitrogens with zero attached hydrogens (tertiary/aromatic N) is 1. The summed E-state index contributed by atoms with van der Waals surface area (Å²) >= 11 is 0. The Morgan fingerprint density at radius 3 is 2.50 bits per heavy atom. The van der Waals surface area contributed by atoms with Crippen LogP contribution in [0.25, 0.3) is 0 Å². The highest BCUT2D eigenvalue weighted by atomic mass is 16.4. The van der Waals surface area contributed by atoms with Gasteiger partial charge in [-0.1, -0.05) is 19.8 Å². The minimum Gasteiger partial charge on any atom is -0.481 e. The van der Waals surface area contributed by atoms with Crippen LogP contribution in [0.5, 0.6) is 0 Å². The van der Waals surface area contributed by atoms with Gasteiger partial charge < -0.3 is 15.3 Å². The molecule has 1 heterocycles. The Hall–Kier alpha value is -1.26. The van der Waals surface area contributed by atoms with Gasteiger partial charge in [-0.15, -0.1) is 0 Å². The van der Waals surface area contributed by atoms with Crippen LogP contribution in [0.15, 0.2) is 0 Å². The number of carbonyl (C=O) groups excluding carboxylic acids is 1. The lowest BCUT2D eigenvalue weighted by molar-refractivity contribution is -0.138. The number of urea groups is 1. The van der Waals surface area contributed by atoms with E-state index >= 15 is 0 Å². The summed E-state index contributed by atoms with van der Waals surface area (Å²) in [6, 6.07) is 0.162. The van der Waals surface area contributed by atoms with Crippen molar-refractivity contribution in [1.82, 2.24) is 10.2 Å². The molecule has 1 saturated carbocycles. The van der Waals surface area contributed by atoms with Gasteiger partial charge in [-0.3, -0.25) is 4.79 Å². The highest BCUT2D eigenvalue weighted by Gasteiger charge is 2.39. The molecule has 5 heteroatoms. The zero-order chi connectivity index (χ0) is 14.8. The monoisotopic (exact) mass is 282 g/mol. The SMILES string of the molecule is CC1CCN(C(=O)NC2(CC(=O)O)CCCC2)C(C)C1. The molecule has 2 amide bonds. The minimum atomic E-state index is -0.826. The molecular formula is C15H26N2O3. The number of carbonyl (C=O) groups is 2. The van der Waals surface area contributed by atoms with E-state index in [2.05, 4.69) is 19.2 Å². The number of piperidine rings is 1. The summed E-state index contributed by atoms with van der Waals surface area (Å²) in [5.74, 6) is -0.166. The summed E-state index contributed by atoms with van der Waals surface area (Å²) in [6.07, 6.45) is 5.66. The lowest BCUT2D eigenvalue weighted by Crippen LogP contribution is -2.56. The number of aliphatic carboxylic acids is 1. The first kappa shape index (κ1) is 15.1. The Bertz CT molecular complexity index is 377.